The quantitative estimate of drug-likeness (QED) is 0.295. The van der Waals surface area contributed by atoms with Crippen LogP contribution in [0.1, 0.15) is 58.1 Å². The molecule has 3 aromatic carbocycles. The number of hydrogen-bond donors (Lipinski definition) is 1. The van der Waals surface area contributed by atoms with Crippen LogP contribution in [0.2, 0.25) is 0 Å². The lowest BCUT2D eigenvalue weighted by Crippen LogP contribution is -2.52. The van der Waals surface area contributed by atoms with Crippen molar-refractivity contribution in [2.45, 2.75) is 70.5 Å². The molecule has 2 amide bonds. The van der Waals surface area contributed by atoms with Crippen LogP contribution < -0.4 is 14.4 Å². The monoisotopic (exact) mass is 579 g/mol. The molecule has 3 rings (SSSR count). The average molecular weight is 580 g/mol. The SMILES string of the molecule is CCC(C)NC(=O)C(C)N(Cc1ccc(OC)cc1)C(=O)CN(c1ccc(C(C)C)cc1)S(=O)(=O)c1ccccc1. The van der Waals surface area contributed by atoms with Crippen LogP contribution in [0.3, 0.4) is 0 Å². The number of ether oxygens (including phenoxy) is 1. The van der Waals surface area contributed by atoms with E-state index in [1.807, 2.05) is 38.1 Å². The Morgan fingerprint density at radius 2 is 1.49 bits per heavy atom. The summed E-state index contributed by atoms with van der Waals surface area (Å²) in [5.41, 5.74) is 2.20. The Morgan fingerprint density at radius 1 is 0.878 bits per heavy atom. The van der Waals surface area contributed by atoms with Crippen LogP contribution in [0.5, 0.6) is 5.75 Å². The number of rotatable bonds is 13. The Kier molecular flexibility index (Phi) is 10.9. The van der Waals surface area contributed by atoms with Crippen LogP contribution in [0.25, 0.3) is 0 Å². The molecule has 0 saturated carbocycles. The maximum atomic E-state index is 14.0. The Labute approximate surface area is 244 Å². The molecule has 1 N–H and O–H groups in total. The highest BCUT2D eigenvalue weighted by Gasteiger charge is 2.32. The fraction of sp³-hybridized carbons (Fsp3) is 0.375. The van der Waals surface area contributed by atoms with Crippen LogP contribution in [-0.4, -0.2) is 50.9 Å². The Morgan fingerprint density at radius 3 is 2.02 bits per heavy atom. The highest BCUT2D eigenvalue weighted by molar-refractivity contribution is 7.92. The molecule has 9 heteroatoms. The first kappa shape index (κ1) is 31.7. The number of anilines is 1. The van der Waals surface area contributed by atoms with E-state index in [0.717, 1.165) is 21.9 Å². The topological polar surface area (TPSA) is 96.0 Å². The summed E-state index contributed by atoms with van der Waals surface area (Å²) in [5.74, 6) is 0.119. The van der Waals surface area contributed by atoms with Crippen LogP contribution in [0.15, 0.2) is 83.8 Å². The highest BCUT2D eigenvalue weighted by Crippen LogP contribution is 2.27. The predicted octanol–water partition coefficient (Wildman–Crippen LogP) is 5.35. The third kappa shape index (κ3) is 8.10. The third-order valence-electron chi connectivity index (χ3n) is 7.14. The molecular weight excluding hydrogens is 538 g/mol. The molecule has 2 atom stereocenters. The maximum absolute atomic E-state index is 14.0. The lowest BCUT2D eigenvalue weighted by Gasteiger charge is -2.32. The first-order valence-electron chi connectivity index (χ1n) is 13.9. The zero-order chi connectivity index (χ0) is 30.2. The number of hydrogen-bond acceptors (Lipinski definition) is 5. The van der Waals surface area contributed by atoms with Crippen LogP contribution >= 0.6 is 0 Å². The normalized spacial score (nSPS) is 12.9. The second-order valence-electron chi connectivity index (χ2n) is 10.4. The minimum absolute atomic E-state index is 0.0719. The molecule has 8 nitrogen and oxygen atoms in total. The van der Waals surface area contributed by atoms with Gasteiger partial charge in [-0.05, 0) is 73.7 Å². The van der Waals surface area contributed by atoms with Crippen molar-refractivity contribution in [1.82, 2.24) is 10.2 Å². The number of carbonyl (C=O) groups excluding carboxylic acids is 2. The minimum Gasteiger partial charge on any atom is -0.497 e. The van der Waals surface area contributed by atoms with E-state index in [2.05, 4.69) is 19.2 Å². The van der Waals surface area contributed by atoms with Gasteiger partial charge in [0.1, 0.15) is 18.3 Å². The summed E-state index contributed by atoms with van der Waals surface area (Å²) in [6.45, 7) is 9.27. The lowest BCUT2D eigenvalue weighted by atomic mass is 10.0. The third-order valence-corrected chi connectivity index (χ3v) is 8.93. The first-order valence-corrected chi connectivity index (χ1v) is 15.3. The van der Waals surface area contributed by atoms with Crippen LogP contribution in [0.4, 0.5) is 5.69 Å². The lowest BCUT2D eigenvalue weighted by molar-refractivity contribution is -0.139. The van der Waals surface area contributed by atoms with Gasteiger partial charge in [0.25, 0.3) is 10.0 Å². The van der Waals surface area contributed by atoms with E-state index in [1.165, 1.54) is 17.0 Å². The van der Waals surface area contributed by atoms with Crippen molar-refractivity contribution >= 4 is 27.5 Å². The van der Waals surface area contributed by atoms with Gasteiger partial charge in [0.15, 0.2) is 0 Å². The van der Waals surface area contributed by atoms with Crippen molar-refractivity contribution in [3.8, 4) is 5.75 Å². The van der Waals surface area contributed by atoms with Crippen molar-refractivity contribution in [2.75, 3.05) is 18.0 Å². The van der Waals surface area contributed by atoms with Crippen LogP contribution in [0, 0.1) is 0 Å². The first-order chi connectivity index (χ1) is 19.5. The number of benzene rings is 3. The Bertz CT molecular complexity index is 1390. The van der Waals surface area contributed by atoms with E-state index in [9.17, 15) is 18.0 Å². The van der Waals surface area contributed by atoms with Gasteiger partial charge in [0.05, 0.1) is 17.7 Å². The zero-order valence-electron chi connectivity index (χ0n) is 24.7. The maximum Gasteiger partial charge on any atom is 0.264 e. The van der Waals surface area contributed by atoms with Crippen molar-refractivity contribution in [2.24, 2.45) is 0 Å². The molecule has 0 bridgehead atoms. The molecule has 2 unspecified atom stereocenters. The fourth-order valence-electron chi connectivity index (χ4n) is 4.25. The number of nitrogens with one attached hydrogen (secondary N) is 1. The van der Waals surface area contributed by atoms with Gasteiger partial charge in [-0.1, -0.05) is 63.2 Å². The number of nitrogens with zero attached hydrogens (tertiary/aromatic N) is 2. The van der Waals surface area contributed by atoms with Crippen molar-refractivity contribution in [3.05, 3.63) is 90.0 Å². The van der Waals surface area contributed by atoms with E-state index in [4.69, 9.17) is 4.74 Å². The number of carbonyl (C=O) groups is 2. The molecule has 0 spiro atoms. The molecule has 0 heterocycles. The number of methoxy groups -OCH3 is 1. The summed E-state index contributed by atoms with van der Waals surface area (Å²) in [4.78, 5) is 28.7. The zero-order valence-corrected chi connectivity index (χ0v) is 25.5. The fourth-order valence-corrected chi connectivity index (χ4v) is 5.68. The van der Waals surface area contributed by atoms with Gasteiger partial charge >= 0.3 is 0 Å². The molecule has 41 heavy (non-hydrogen) atoms. The summed E-state index contributed by atoms with van der Waals surface area (Å²) in [7, 11) is -2.53. The van der Waals surface area contributed by atoms with Gasteiger partial charge < -0.3 is 15.0 Å². The predicted molar refractivity (Wildman–Crippen MR) is 162 cm³/mol. The van der Waals surface area contributed by atoms with Gasteiger partial charge in [0.2, 0.25) is 11.8 Å². The van der Waals surface area contributed by atoms with Crippen LogP contribution in [-0.2, 0) is 26.2 Å². The largest absolute Gasteiger partial charge is 0.497 e. The molecule has 0 radical (unpaired) electrons. The molecule has 0 saturated heterocycles. The van der Waals surface area contributed by atoms with Gasteiger partial charge in [-0.25, -0.2) is 8.42 Å². The molecule has 0 aromatic heterocycles. The molecule has 3 aromatic rings. The van der Waals surface area contributed by atoms with E-state index in [0.29, 0.717) is 11.4 Å². The second-order valence-corrected chi connectivity index (χ2v) is 12.3. The number of amides is 2. The van der Waals surface area contributed by atoms with E-state index >= 15 is 0 Å². The molecule has 0 aliphatic rings. The molecular formula is C32H41N3O5S. The molecule has 220 valence electrons. The summed E-state index contributed by atoms with van der Waals surface area (Å²) >= 11 is 0. The summed E-state index contributed by atoms with van der Waals surface area (Å²) in [6.07, 6.45) is 0.736. The van der Waals surface area contributed by atoms with E-state index < -0.39 is 28.5 Å². The van der Waals surface area contributed by atoms with Crippen molar-refractivity contribution in [3.63, 3.8) is 0 Å². The second kappa shape index (κ2) is 14.2. The summed E-state index contributed by atoms with van der Waals surface area (Å²) < 4.78 is 34.1. The minimum atomic E-state index is -4.10. The summed E-state index contributed by atoms with van der Waals surface area (Å²) in [6, 6.07) is 21.5. The Balaban J connectivity index is 2.02. The van der Waals surface area contributed by atoms with Gasteiger partial charge in [-0.3, -0.25) is 13.9 Å². The van der Waals surface area contributed by atoms with E-state index in [1.54, 1.807) is 56.5 Å². The smallest absolute Gasteiger partial charge is 0.264 e. The summed E-state index contributed by atoms with van der Waals surface area (Å²) in [5, 5.41) is 2.94. The highest BCUT2D eigenvalue weighted by atomic mass is 32.2. The average Bonchev–Trinajstić information content (AvgIpc) is 2.98. The van der Waals surface area contributed by atoms with Crippen molar-refractivity contribution in [1.29, 1.82) is 0 Å². The van der Waals surface area contributed by atoms with Gasteiger partial charge in [-0.2, -0.15) is 0 Å². The van der Waals surface area contributed by atoms with Gasteiger partial charge in [0, 0.05) is 12.6 Å². The number of sulfonamides is 1. The molecule has 0 aliphatic carbocycles. The van der Waals surface area contributed by atoms with Gasteiger partial charge in [-0.15, -0.1) is 0 Å². The van der Waals surface area contributed by atoms with E-state index in [-0.39, 0.29) is 29.3 Å². The van der Waals surface area contributed by atoms with Crippen molar-refractivity contribution < 1.29 is 22.7 Å². The standard InChI is InChI=1S/C32H41N3O5S/c1-7-24(4)33-32(37)25(5)34(21-26-13-19-29(40-6)20-14-26)31(36)22-35(28-17-15-27(16-18-28)23(2)3)41(38,39)30-11-9-8-10-12-30/h8-20,23-25H,7,21-22H2,1-6H3,(H,33,37). The molecule has 0 aliphatic heterocycles. The Hall–Kier alpha value is -3.85. The molecule has 0 fully saturated rings.